The van der Waals surface area contributed by atoms with Gasteiger partial charge in [-0.15, -0.1) is 0 Å². The van der Waals surface area contributed by atoms with Gasteiger partial charge >= 0.3 is 0 Å². The number of carbonyl (C=O) groups excluding carboxylic acids is 2. The fourth-order valence-corrected chi connectivity index (χ4v) is 4.07. The molecule has 0 spiro atoms. The number of nitrogens with one attached hydrogen (secondary N) is 1. The van der Waals surface area contributed by atoms with Crippen LogP contribution in [0.15, 0.2) is 36.4 Å². The van der Waals surface area contributed by atoms with Gasteiger partial charge in [-0.25, -0.2) is 4.68 Å². The minimum absolute atomic E-state index is 0.0831. The number of aromatic nitrogens is 2. The van der Waals surface area contributed by atoms with E-state index in [9.17, 15) is 9.59 Å². The van der Waals surface area contributed by atoms with Crippen LogP contribution in [-0.4, -0.2) is 28.3 Å². The summed E-state index contributed by atoms with van der Waals surface area (Å²) in [6.07, 6.45) is 0.0831. The molecule has 0 saturated heterocycles. The maximum atomic E-state index is 13.4. The summed E-state index contributed by atoms with van der Waals surface area (Å²) in [7, 11) is 0. The first-order valence-corrected chi connectivity index (χ1v) is 9.83. The number of benzene rings is 2. The van der Waals surface area contributed by atoms with E-state index in [1.165, 1.54) is 5.56 Å². The normalized spacial score (nSPS) is 16.9. The molecule has 2 aromatic carbocycles. The van der Waals surface area contributed by atoms with E-state index in [0.29, 0.717) is 22.9 Å². The van der Waals surface area contributed by atoms with Crippen LogP contribution in [0.5, 0.6) is 11.5 Å². The number of anilines is 1. The van der Waals surface area contributed by atoms with Crippen molar-refractivity contribution >= 4 is 17.5 Å². The zero-order valence-electron chi connectivity index (χ0n) is 17.0. The fourth-order valence-electron chi connectivity index (χ4n) is 4.07. The molecule has 3 heterocycles. The quantitative estimate of drug-likeness (QED) is 0.672. The van der Waals surface area contributed by atoms with Gasteiger partial charge in [0.2, 0.25) is 12.7 Å². The number of nitrogens with zero attached hydrogens (tertiary/aromatic N) is 2. The van der Waals surface area contributed by atoms with Crippen molar-refractivity contribution in [2.24, 2.45) is 0 Å². The highest BCUT2D eigenvalue weighted by Gasteiger charge is 2.36. The van der Waals surface area contributed by atoms with E-state index in [4.69, 9.17) is 9.47 Å². The van der Waals surface area contributed by atoms with Gasteiger partial charge in [-0.2, -0.15) is 5.10 Å². The van der Waals surface area contributed by atoms with E-state index in [2.05, 4.69) is 10.4 Å². The lowest BCUT2D eigenvalue weighted by atomic mass is 9.85. The highest BCUT2D eigenvalue weighted by Crippen LogP contribution is 2.40. The molecule has 5 rings (SSSR count). The van der Waals surface area contributed by atoms with Crippen LogP contribution in [-0.2, 0) is 4.79 Å². The average Bonchev–Trinajstić information content (AvgIpc) is 3.33. The number of fused-ring (bicyclic) bond motifs is 2. The van der Waals surface area contributed by atoms with Crippen LogP contribution in [0.25, 0.3) is 5.69 Å². The molecule has 0 fully saturated rings. The summed E-state index contributed by atoms with van der Waals surface area (Å²) in [5.74, 6) is 0.787. The van der Waals surface area contributed by atoms with Crippen molar-refractivity contribution in [2.75, 3.05) is 12.1 Å². The summed E-state index contributed by atoms with van der Waals surface area (Å²) in [5, 5.41) is 7.58. The topological polar surface area (TPSA) is 82.5 Å². The summed E-state index contributed by atoms with van der Waals surface area (Å²) in [5.41, 5.74) is 5.13. The van der Waals surface area contributed by atoms with E-state index < -0.39 is 5.92 Å². The molecule has 0 aliphatic carbocycles. The van der Waals surface area contributed by atoms with Crippen molar-refractivity contribution in [1.29, 1.82) is 0 Å². The highest BCUT2D eigenvalue weighted by molar-refractivity contribution is 6.08. The Morgan fingerprint density at radius 3 is 2.67 bits per heavy atom. The molecule has 152 valence electrons. The molecular formula is C23H21N3O4. The zero-order valence-corrected chi connectivity index (χ0v) is 17.0. The van der Waals surface area contributed by atoms with Crippen LogP contribution < -0.4 is 14.8 Å². The number of ether oxygens (including phenoxy) is 2. The van der Waals surface area contributed by atoms with Gasteiger partial charge < -0.3 is 14.8 Å². The van der Waals surface area contributed by atoms with E-state index >= 15 is 0 Å². The lowest BCUT2D eigenvalue weighted by Gasteiger charge is -2.23. The second-order valence-corrected chi connectivity index (χ2v) is 7.77. The van der Waals surface area contributed by atoms with Crippen molar-refractivity contribution in [1.82, 2.24) is 9.78 Å². The predicted octanol–water partition coefficient (Wildman–Crippen LogP) is 3.83. The molecule has 30 heavy (non-hydrogen) atoms. The first kappa shape index (κ1) is 18.4. The first-order valence-electron chi connectivity index (χ1n) is 9.83. The number of rotatable bonds is 3. The van der Waals surface area contributed by atoms with E-state index in [1.54, 1.807) is 22.9 Å². The Balaban J connectivity index is 1.59. The monoisotopic (exact) mass is 403 g/mol. The Bertz CT molecular complexity index is 1210. The van der Waals surface area contributed by atoms with Gasteiger partial charge in [-0.3, -0.25) is 9.59 Å². The molecule has 1 aromatic heterocycles. The Morgan fingerprint density at radius 1 is 1.07 bits per heavy atom. The van der Waals surface area contributed by atoms with Crippen LogP contribution in [0.2, 0.25) is 0 Å². The minimum atomic E-state index is -0.602. The molecule has 0 bridgehead atoms. The minimum Gasteiger partial charge on any atom is -0.454 e. The predicted molar refractivity (Wildman–Crippen MR) is 111 cm³/mol. The standard InChI is InChI=1S/C23H21N3O4/c1-12-4-6-16(8-13(12)2)26-23-21(14(3)25-26)17(10-20(27)24-23)22(28)15-5-7-18-19(9-15)30-11-29-18/h4-9,17H,10-11H2,1-3H3,(H,24,27)/t17-/m0/s1. The van der Waals surface area contributed by atoms with Gasteiger partial charge in [0.1, 0.15) is 5.82 Å². The third-order valence-corrected chi connectivity index (χ3v) is 5.81. The van der Waals surface area contributed by atoms with Crippen LogP contribution in [0.4, 0.5) is 5.82 Å². The summed E-state index contributed by atoms with van der Waals surface area (Å²) in [6.45, 7) is 6.09. The molecule has 0 saturated carbocycles. The van der Waals surface area contributed by atoms with Crippen molar-refractivity contribution in [2.45, 2.75) is 33.1 Å². The summed E-state index contributed by atoms with van der Waals surface area (Å²) in [4.78, 5) is 25.9. The molecule has 7 nitrogen and oxygen atoms in total. The number of amides is 1. The average molecular weight is 403 g/mol. The molecule has 2 aliphatic heterocycles. The van der Waals surface area contributed by atoms with E-state index in [1.807, 2.05) is 39.0 Å². The summed E-state index contributed by atoms with van der Waals surface area (Å²) >= 11 is 0. The van der Waals surface area contributed by atoms with Crippen LogP contribution in [0, 0.1) is 20.8 Å². The lowest BCUT2D eigenvalue weighted by molar-refractivity contribution is -0.116. The molecule has 1 N–H and O–H groups in total. The maximum absolute atomic E-state index is 13.4. The largest absolute Gasteiger partial charge is 0.454 e. The Morgan fingerprint density at radius 2 is 1.87 bits per heavy atom. The molecule has 1 amide bonds. The smallest absolute Gasteiger partial charge is 0.231 e. The SMILES string of the molecule is Cc1ccc(-n2nc(C)c3c2NC(=O)C[C@@H]3C(=O)c2ccc3c(c2)OCO3)cc1C. The van der Waals surface area contributed by atoms with Gasteiger partial charge in [0, 0.05) is 17.5 Å². The summed E-state index contributed by atoms with van der Waals surface area (Å²) in [6, 6.07) is 11.1. The van der Waals surface area contributed by atoms with Crippen molar-refractivity contribution in [3.8, 4) is 17.2 Å². The van der Waals surface area contributed by atoms with Crippen molar-refractivity contribution < 1.29 is 19.1 Å². The number of aryl methyl sites for hydroxylation is 3. The Labute approximate surface area is 173 Å². The number of ketones is 1. The van der Waals surface area contributed by atoms with Crippen LogP contribution >= 0.6 is 0 Å². The highest BCUT2D eigenvalue weighted by atomic mass is 16.7. The molecule has 0 radical (unpaired) electrons. The first-order chi connectivity index (χ1) is 14.4. The maximum Gasteiger partial charge on any atom is 0.231 e. The van der Waals surface area contributed by atoms with Crippen LogP contribution in [0.1, 0.15) is 45.1 Å². The zero-order chi connectivity index (χ0) is 21.0. The molecule has 0 unspecified atom stereocenters. The molecule has 2 aliphatic rings. The van der Waals surface area contributed by atoms with Crippen LogP contribution in [0.3, 0.4) is 0 Å². The van der Waals surface area contributed by atoms with Crippen molar-refractivity contribution in [3.63, 3.8) is 0 Å². The Hall–Kier alpha value is -3.61. The second kappa shape index (κ2) is 6.73. The number of hydrogen-bond donors (Lipinski definition) is 1. The van der Waals surface area contributed by atoms with Gasteiger partial charge in [0.25, 0.3) is 0 Å². The number of hydrogen-bond acceptors (Lipinski definition) is 5. The second-order valence-electron chi connectivity index (χ2n) is 7.77. The van der Waals surface area contributed by atoms with Crippen molar-refractivity contribution in [3.05, 3.63) is 64.3 Å². The molecule has 3 aromatic rings. The number of carbonyl (C=O) groups is 2. The molecule has 1 atom stereocenters. The third kappa shape index (κ3) is 2.85. The number of Topliss-reactive ketones (excluding diaryl/α,β-unsaturated/α-hetero) is 1. The van der Waals surface area contributed by atoms with E-state index in [0.717, 1.165) is 22.5 Å². The van der Waals surface area contributed by atoms with Gasteiger partial charge in [-0.05, 0) is 62.2 Å². The molecule has 7 heteroatoms. The molecular weight excluding hydrogens is 382 g/mol. The van der Waals surface area contributed by atoms with Gasteiger partial charge in [0.15, 0.2) is 17.3 Å². The fraction of sp³-hybridized carbons (Fsp3) is 0.261. The Kier molecular flexibility index (Phi) is 4.13. The van der Waals surface area contributed by atoms with Gasteiger partial charge in [-0.1, -0.05) is 6.07 Å². The lowest BCUT2D eigenvalue weighted by Crippen LogP contribution is -2.28. The summed E-state index contributed by atoms with van der Waals surface area (Å²) < 4.78 is 12.5. The van der Waals surface area contributed by atoms with E-state index in [-0.39, 0.29) is 24.9 Å². The third-order valence-electron chi connectivity index (χ3n) is 5.81. The van der Waals surface area contributed by atoms with Gasteiger partial charge in [0.05, 0.1) is 17.3 Å².